The Morgan fingerprint density at radius 3 is 2.57 bits per heavy atom. The van der Waals surface area contributed by atoms with Crippen molar-refractivity contribution in [1.82, 2.24) is 4.90 Å². The van der Waals surface area contributed by atoms with Gasteiger partial charge < -0.3 is 0 Å². The summed E-state index contributed by atoms with van der Waals surface area (Å²) in [5, 5.41) is 0.694. The van der Waals surface area contributed by atoms with Crippen LogP contribution in [0.4, 0.5) is 0 Å². The second-order valence-electron chi connectivity index (χ2n) is 4.87. The monoisotopic (exact) mass is 325 g/mol. The van der Waals surface area contributed by atoms with Gasteiger partial charge in [0.2, 0.25) is 0 Å². The lowest BCUT2D eigenvalue weighted by atomic mass is 9.76. The molecule has 0 spiro atoms. The minimum absolute atomic E-state index is 0.694. The maximum atomic E-state index is 4.63. The summed E-state index contributed by atoms with van der Waals surface area (Å²) in [6.07, 6.45) is 5.59. The van der Waals surface area contributed by atoms with Crippen LogP contribution in [-0.2, 0) is 0 Å². The molecular formula is C11H20INS. The zero-order valence-corrected chi connectivity index (χ0v) is 11.9. The highest BCUT2D eigenvalue weighted by molar-refractivity contribution is 14.1. The van der Waals surface area contributed by atoms with Gasteiger partial charge in [0.1, 0.15) is 0 Å². The predicted molar refractivity (Wildman–Crippen MR) is 73.3 cm³/mol. The number of rotatable bonds is 2. The summed E-state index contributed by atoms with van der Waals surface area (Å²) in [4.78, 5) is 2.58. The molecule has 2 rings (SSSR count). The molecule has 0 amide bonds. The van der Waals surface area contributed by atoms with Gasteiger partial charge in [0.15, 0.2) is 0 Å². The molecule has 3 unspecified atom stereocenters. The second-order valence-corrected chi connectivity index (χ2v) is 7.40. The van der Waals surface area contributed by atoms with Crippen LogP contribution in [0.2, 0.25) is 0 Å². The maximum absolute atomic E-state index is 4.63. The van der Waals surface area contributed by atoms with Crippen LogP contribution in [0.5, 0.6) is 0 Å². The summed E-state index contributed by atoms with van der Waals surface area (Å²) < 4.78 is 0.722. The van der Waals surface area contributed by atoms with E-state index in [0.29, 0.717) is 5.25 Å². The van der Waals surface area contributed by atoms with Gasteiger partial charge >= 0.3 is 0 Å². The normalized spacial score (nSPS) is 37.9. The molecule has 14 heavy (non-hydrogen) atoms. The minimum Gasteiger partial charge on any atom is -0.291 e. The Kier molecular flexibility index (Phi) is 4.05. The van der Waals surface area contributed by atoms with E-state index in [0.717, 1.165) is 15.9 Å². The van der Waals surface area contributed by atoms with E-state index >= 15 is 0 Å². The molecule has 0 radical (unpaired) electrons. The van der Waals surface area contributed by atoms with E-state index in [2.05, 4.69) is 47.0 Å². The first kappa shape index (κ1) is 11.5. The Bertz CT molecular complexity index is 192. The van der Waals surface area contributed by atoms with Gasteiger partial charge in [-0.1, -0.05) is 35.4 Å². The SMILES string of the molecule is CC(I)N1CC(C2CCCC(S)C2)C1. The van der Waals surface area contributed by atoms with Crippen LogP contribution in [0.15, 0.2) is 0 Å². The maximum Gasteiger partial charge on any atom is 0.0590 e. The van der Waals surface area contributed by atoms with Crippen LogP contribution >= 0.6 is 35.2 Å². The van der Waals surface area contributed by atoms with Gasteiger partial charge in [-0.2, -0.15) is 12.6 Å². The zero-order valence-electron chi connectivity index (χ0n) is 8.82. The number of nitrogens with zero attached hydrogens (tertiary/aromatic N) is 1. The third-order valence-corrected chi connectivity index (χ3v) is 5.05. The molecule has 2 aliphatic rings. The lowest BCUT2D eigenvalue weighted by Crippen LogP contribution is -2.52. The summed E-state index contributed by atoms with van der Waals surface area (Å²) in [7, 11) is 0. The fraction of sp³-hybridized carbons (Fsp3) is 1.00. The molecule has 1 saturated carbocycles. The standard InChI is InChI=1S/C11H20INS/c1-8(12)13-6-10(7-13)9-3-2-4-11(14)5-9/h8-11,14H,2-7H2,1H3. The summed E-state index contributed by atoms with van der Waals surface area (Å²) in [5.41, 5.74) is 0. The number of halogens is 1. The number of alkyl halides is 1. The van der Waals surface area contributed by atoms with Crippen LogP contribution < -0.4 is 0 Å². The molecule has 3 heteroatoms. The molecule has 0 bridgehead atoms. The molecule has 0 aromatic heterocycles. The van der Waals surface area contributed by atoms with Crippen LogP contribution in [0, 0.1) is 11.8 Å². The van der Waals surface area contributed by atoms with Gasteiger partial charge in [0, 0.05) is 18.3 Å². The van der Waals surface area contributed by atoms with Crippen molar-refractivity contribution in [1.29, 1.82) is 0 Å². The Labute approximate surface area is 107 Å². The van der Waals surface area contributed by atoms with Crippen LogP contribution in [-0.4, -0.2) is 27.3 Å². The number of likely N-dealkylation sites (tertiary alicyclic amines) is 1. The van der Waals surface area contributed by atoms with E-state index in [-0.39, 0.29) is 0 Å². The molecule has 1 saturated heterocycles. The van der Waals surface area contributed by atoms with Gasteiger partial charge in [0.25, 0.3) is 0 Å². The number of thiol groups is 1. The van der Waals surface area contributed by atoms with Gasteiger partial charge in [-0.05, 0) is 31.6 Å². The van der Waals surface area contributed by atoms with Crippen molar-refractivity contribution < 1.29 is 0 Å². The molecule has 2 fully saturated rings. The Morgan fingerprint density at radius 1 is 1.29 bits per heavy atom. The molecule has 1 aliphatic carbocycles. The number of hydrogen-bond acceptors (Lipinski definition) is 2. The Balaban J connectivity index is 1.76. The van der Waals surface area contributed by atoms with Crippen molar-refractivity contribution in [3.63, 3.8) is 0 Å². The summed E-state index contributed by atoms with van der Waals surface area (Å²) >= 11 is 7.14. The quantitative estimate of drug-likeness (QED) is 0.353. The third-order valence-electron chi connectivity index (χ3n) is 3.79. The van der Waals surface area contributed by atoms with E-state index in [9.17, 15) is 0 Å². The molecule has 0 N–H and O–H groups in total. The minimum atomic E-state index is 0.694. The molecule has 82 valence electrons. The average molecular weight is 325 g/mol. The van der Waals surface area contributed by atoms with E-state index < -0.39 is 0 Å². The van der Waals surface area contributed by atoms with E-state index in [1.54, 1.807) is 0 Å². The van der Waals surface area contributed by atoms with Crippen molar-refractivity contribution in [3.8, 4) is 0 Å². The van der Waals surface area contributed by atoms with E-state index in [1.165, 1.54) is 38.8 Å². The molecule has 0 aromatic carbocycles. The van der Waals surface area contributed by atoms with Gasteiger partial charge in [-0.25, -0.2) is 0 Å². The lowest BCUT2D eigenvalue weighted by Gasteiger charge is -2.46. The van der Waals surface area contributed by atoms with Gasteiger partial charge in [0.05, 0.1) is 4.05 Å². The first-order chi connectivity index (χ1) is 6.66. The highest BCUT2D eigenvalue weighted by atomic mass is 127. The zero-order chi connectivity index (χ0) is 10.1. The topological polar surface area (TPSA) is 3.24 Å². The smallest absolute Gasteiger partial charge is 0.0590 e. The summed E-state index contributed by atoms with van der Waals surface area (Å²) in [6, 6.07) is 0. The highest BCUT2D eigenvalue weighted by Gasteiger charge is 2.36. The Hall–Kier alpha value is 1.04. The van der Waals surface area contributed by atoms with Crippen molar-refractivity contribution >= 4 is 35.2 Å². The highest BCUT2D eigenvalue weighted by Crippen LogP contribution is 2.37. The molecule has 0 aromatic rings. The summed E-state index contributed by atoms with van der Waals surface area (Å²) in [5.74, 6) is 1.97. The Morgan fingerprint density at radius 2 is 2.00 bits per heavy atom. The van der Waals surface area contributed by atoms with E-state index in [4.69, 9.17) is 0 Å². The third kappa shape index (κ3) is 2.59. The lowest BCUT2D eigenvalue weighted by molar-refractivity contribution is 0.0434. The molecule has 1 heterocycles. The largest absolute Gasteiger partial charge is 0.291 e. The second kappa shape index (κ2) is 4.91. The number of hydrogen-bond donors (Lipinski definition) is 1. The van der Waals surface area contributed by atoms with Crippen LogP contribution in [0.25, 0.3) is 0 Å². The van der Waals surface area contributed by atoms with Crippen molar-refractivity contribution in [2.45, 2.75) is 41.9 Å². The van der Waals surface area contributed by atoms with Crippen LogP contribution in [0.1, 0.15) is 32.6 Å². The molecule has 3 atom stereocenters. The fourth-order valence-corrected chi connectivity index (χ4v) is 3.67. The average Bonchev–Trinajstić information content (AvgIpc) is 2.00. The molecule has 1 aliphatic heterocycles. The first-order valence-electron chi connectivity index (χ1n) is 5.73. The van der Waals surface area contributed by atoms with Crippen molar-refractivity contribution in [2.24, 2.45) is 11.8 Å². The fourth-order valence-electron chi connectivity index (χ4n) is 2.77. The van der Waals surface area contributed by atoms with Crippen molar-refractivity contribution in [2.75, 3.05) is 13.1 Å². The van der Waals surface area contributed by atoms with Crippen LogP contribution in [0.3, 0.4) is 0 Å². The predicted octanol–water partition coefficient (Wildman–Crippen LogP) is 3.19. The molecule has 1 nitrogen and oxygen atoms in total. The summed E-state index contributed by atoms with van der Waals surface area (Å²) in [6.45, 7) is 4.98. The van der Waals surface area contributed by atoms with Gasteiger partial charge in [-0.15, -0.1) is 0 Å². The van der Waals surface area contributed by atoms with Crippen molar-refractivity contribution in [3.05, 3.63) is 0 Å². The van der Waals surface area contributed by atoms with E-state index in [1.807, 2.05) is 0 Å². The first-order valence-corrected chi connectivity index (χ1v) is 7.49. The van der Waals surface area contributed by atoms with Gasteiger partial charge in [-0.3, -0.25) is 4.90 Å². The molecular weight excluding hydrogens is 305 g/mol.